The van der Waals surface area contributed by atoms with E-state index in [4.69, 9.17) is 0 Å². The molecule has 0 aliphatic heterocycles. The third-order valence-electron chi connectivity index (χ3n) is 9.08. The maximum atomic E-state index is 13.6. The summed E-state index contributed by atoms with van der Waals surface area (Å²) in [5.74, 6) is -0.375. The first-order valence-electron chi connectivity index (χ1n) is 16.8. The van der Waals surface area contributed by atoms with Gasteiger partial charge in [-0.3, -0.25) is 19.3 Å². The first-order valence-corrected chi connectivity index (χ1v) is 16.8. The monoisotopic (exact) mass is 619 g/mol. The molecule has 3 N–H and O–H groups in total. The molecule has 2 aromatic rings. The van der Waals surface area contributed by atoms with Crippen molar-refractivity contribution in [1.29, 1.82) is 0 Å². The van der Waals surface area contributed by atoms with E-state index in [1.807, 2.05) is 38.1 Å². The molecular weight excluding hydrogens is 562 g/mol. The molecule has 1 saturated carbocycles. The molecule has 1 aliphatic rings. The molecule has 5 atom stereocenters. The van der Waals surface area contributed by atoms with Gasteiger partial charge in [-0.25, -0.2) is 0 Å². The van der Waals surface area contributed by atoms with Crippen molar-refractivity contribution in [3.05, 3.63) is 70.8 Å². The zero-order chi connectivity index (χ0) is 33.1. The SMILES string of the molecule is Cc1cccc([C@@H]2CCCCC2NC(=O)[C@H](CC(C)C)NC(=O)[C@H](C)NC(=O)c2ccc(C(C)N(C)CCCN(C)C)cc2)c1. The number of carbonyl (C=O) groups is 3. The van der Waals surface area contributed by atoms with Crippen molar-refractivity contribution in [2.75, 3.05) is 34.2 Å². The molecule has 0 spiro atoms. The molecule has 8 heteroatoms. The number of aryl methyl sites for hydroxylation is 1. The van der Waals surface area contributed by atoms with Crippen LogP contribution in [0.3, 0.4) is 0 Å². The molecule has 0 bridgehead atoms. The standard InChI is InChI=1S/C37H57N5O3/c1-25(2)23-34(37(45)39-33-16-10-9-15-32(33)31-14-11-13-26(3)24-31)40-35(43)27(4)38-36(44)30-19-17-29(18-20-30)28(5)42(8)22-12-21-41(6)7/h11,13-14,17-20,24-25,27-28,32-34H,9-10,12,15-16,21-23H2,1-8H3,(H,38,44)(H,39,45)(H,40,43)/t27-,28?,32-,33?,34-/m0/s1. The molecule has 1 aliphatic carbocycles. The molecule has 0 saturated heterocycles. The first-order chi connectivity index (χ1) is 21.3. The van der Waals surface area contributed by atoms with E-state index < -0.39 is 12.1 Å². The van der Waals surface area contributed by atoms with Gasteiger partial charge in [0.05, 0.1) is 0 Å². The van der Waals surface area contributed by atoms with E-state index in [0.717, 1.165) is 50.8 Å². The van der Waals surface area contributed by atoms with Gasteiger partial charge >= 0.3 is 0 Å². The highest BCUT2D eigenvalue weighted by Gasteiger charge is 2.32. The normalized spacial score (nSPS) is 18.8. The summed E-state index contributed by atoms with van der Waals surface area (Å²) in [5.41, 5.74) is 4.11. The summed E-state index contributed by atoms with van der Waals surface area (Å²) >= 11 is 0. The van der Waals surface area contributed by atoms with Gasteiger partial charge in [0.2, 0.25) is 11.8 Å². The minimum absolute atomic E-state index is 0.0280. The van der Waals surface area contributed by atoms with E-state index in [0.29, 0.717) is 12.0 Å². The van der Waals surface area contributed by atoms with Crippen molar-refractivity contribution in [2.45, 2.75) is 103 Å². The number of benzene rings is 2. The van der Waals surface area contributed by atoms with E-state index in [9.17, 15) is 14.4 Å². The zero-order valence-corrected chi connectivity index (χ0v) is 28.9. The Morgan fingerprint density at radius 1 is 0.867 bits per heavy atom. The number of rotatable bonds is 15. The van der Waals surface area contributed by atoms with E-state index in [-0.39, 0.29) is 41.6 Å². The highest BCUT2D eigenvalue weighted by atomic mass is 16.2. The summed E-state index contributed by atoms with van der Waals surface area (Å²) in [6.45, 7) is 12.0. The van der Waals surface area contributed by atoms with E-state index in [1.54, 1.807) is 6.92 Å². The maximum absolute atomic E-state index is 13.6. The number of carbonyl (C=O) groups excluding carboxylic acids is 3. The van der Waals surface area contributed by atoms with Crippen molar-refractivity contribution < 1.29 is 14.4 Å². The second kappa shape index (κ2) is 17.5. The molecule has 2 aromatic carbocycles. The quantitative estimate of drug-likeness (QED) is 0.247. The fourth-order valence-corrected chi connectivity index (χ4v) is 6.23. The third kappa shape index (κ3) is 11.3. The molecule has 8 nitrogen and oxygen atoms in total. The Bertz CT molecular complexity index is 1240. The number of nitrogens with one attached hydrogen (secondary N) is 3. The fourth-order valence-electron chi connectivity index (χ4n) is 6.23. The summed E-state index contributed by atoms with van der Waals surface area (Å²) in [5, 5.41) is 9.06. The topological polar surface area (TPSA) is 93.8 Å². The lowest BCUT2D eigenvalue weighted by atomic mass is 9.79. The van der Waals surface area contributed by atoms with Gasteiger partial charge in [0.25, 0.3) is 5.91 Å². The average molecular weight is 620 g/mol. The summed E-state index contributed by atoms with van der Waals surface area (Å²) in [6.07, 6.45) is 5.77. The van der Waals surface area contributed by atoms with Crippen LogP contribution in [0.5, 0.6) is 0 Å². The molecule has 248 valence electrons. The van der Waals surface area contributed by atoms with Gasteiger partial charge in [0, 0.05) is 23.6 Å². The van der Waals surface area contributed by atoms with Crippen LogP contribution in [0.15, 0.2) is 48.5 Å². The number of nitrogens with zero attached hydrogens (tertiary/aromatic N) is 2. The maximum Gasteiger partial charge on any atom is 0.251 e. The van der Waals surface area contributed by atoms with Gasteiger partial charge < -0.3 is 20.9 Å². The molecule has 0 radical (unpaired) electrons. The third-order valence-corrected chi connectivity index (χ3v) is 9.08. The van der Waals surface area contributed by atoms with Crippen molar-refractivity contribution in [1.82, 2.24) is 25.8 Å². The Labute approximate surface area is 271 Å². The van der Waals surface area contributed by atoms with Crippen LogP contribution < -0.4 is 16.0 Å². The number of amides is 3. The number of hydrogen-bond donors (Lipinski definition) is 3. The molecule has 0 heterocycles. The summed E-state index contributed by atoms with van der Waals surface area (Å²) in [7, 11) is 6.28. The molecule has 0 aromatic heterocycles. The summed E-state index contributed by atoms with van der Waals surface area (Å²) in [4.78, 5) is 44.4. The van der Waals surface area contributed by atoms with E-state index in [1.165, 1.54) is 11.1 Å². The van der Waals surface area contributed by atoms with E-state index in [2.05, 4.69) is 85.0 Å². The Hall–Kier alpha value is -3.23. The predicted molar refractivity (Wildman–Crippen MR) is 183 cm³/mol. The van der Waals surface area contributed by atoms with Gasteiger partial charge in [-0.05, 0) is 110 Å². The van der Waals surface area contributed by atoms with Crippen LogP contribution in [0.25, 0.3) is 0 Å². The molecule has 1 fully saturated rings. The minimum Gasteiger partial charge on any atom is -0.351 e. The van der Waals surface area contributed by atoms with Gasteiger partial charge in [-0.2, -0.15) is 0 Å². The van der Waals surface area contributed by atoms with Crippen LogP contribution in [-0.2, 0) is 9.59 Å². The molecule has 3 amide bonds. The first kappa shape index (κ1) is 36.2. The predicted octanol–water partition coefficient (Wildman–Crippen LogP) is 5.43. The lowest BCUT2D eigenvalue weighted by molar-refractivity contribution is -0.130. The summed E-state index contributed by atoms with van der Waals surface area (Å²) in [6, 6.07) is 14.9. The van der Waals surface area contributed by atoms with Gasteiger partial charge in [0.15, 0.2) is 0 Å². The fraction of sp³-hybridized carbons (Fsp3) is 0.595. The second-order valence-corrected chi connectivity index (χ2v) is 13.7. The highest BCUT2D eigenvalue weighted by molar-refractivity contribution is 5.98. The highest BCUT2D eigenvalue weighted by Crippen LogP contribution is 2.33. The molecule has 3 rings (SSSR count). The Balaban J connectivity index is 1.58. The van der Waals surface area contributed by atoms with Crippen molar-refractivity contribution in [2.24, 2.45) is 5.92 Å². The lowest BCUT2D eigenvalue weighted by Gasteiger charge is -2.34. The lowest BCUT2D eigenvalue weighted by Crippen LogP contribution is -2.55. The average Bonchev–Trinajstić information content (AvgIpc) is 3.00. The van der Waals surface area contributed by atoms with Crippen LogP contribution >= 0.6 is 0 Å². The van der Waals surface area contributed by atoms with Gasteiger partial charge in [-0.15, -0.1) is 0 Å². The number of hydrogen-bond acceptors (Lipinski definition) is 5. The Morgan fingerprint density at radius 3 is 2.20 bits per heavy atom. The summed E-state index contributed by atoms with van der Waals surface area (Å²) < 4.78 is 0. The van der Waals surface area contributed by atoms with Crippen LogP contribution in [-0.4, -0.2) is 79.9 Å². The zero-order valence-electron chi connectivity index (χ0n) is 28.9. The van der Waals surface area contributed by atoms with Crippen molar-refractivity contribution in [3.8, 4) is 0 Å². The largest absolute Gasteiger partial charge is 0.351 e. The van der Waals surface area contributed by atoms with Gasteiger partial charge in [0.1, 0.15) is 12.1 Å². The van der Waals surface area contributed by atoms with Crippen LogP contribution in [0.4, 0.5) is 0 Å². The smallest absolute Gasteiger partial charge is 0.251 e. The second-order valence-electron chi connectivity index (χ2n) is 13.7. The Morgan fingerprint density at radius 2 is 1.56 bits per heavy atom. The molecule has 2 unspecified atom stereocenters. The Kier molecular flexibility index (Phi) is 14.1. The van der Waals surface area contributed by atoms with Gasteiger partial charge in [-0.1, -0.05) is 68.7 Å². The van der Waals surface area contributed by atoms with Crippen LogP contribution in [0.2, 0.25) is 0 Å². The van der Waals surface area contributed by atoms with Crippen LogP contribution in [0, 0.1) is 12.8 Å². The minimum atomic E-state index is -0.795. The molecule has 45 heavy (non-hydrogen) atoms. The van der Waals surface area contributed by atoms with Crippen LogP contribution in [0.1, 0.15) is 105 Å². The molecular formula is C37H57N5O3. The van der Waals surface area contributed by atoms with E-state index >= 15 is 0 Å². The van der Waals surface area contributed by atoms with Crippen molar-refractivity contribution in [3.63, 3.8) is 0 Å². The van der Waals surface area contributed by atoms with Crippen molar-refractivity contribution >= 4 is 17.7 Å².